The topological polar surface area (TPSA) is 20.3 Å². The Morgan fingerprint density at radius 2 is 2.33 bits per heavy atom. The molecule has 0 fully saturated rings. The van der Waals surface area contributed by atoms with Gasteiger partial charge in [-0.1, -0.05) is 24.3 Å². The van der Waals surface area contributed by atoms with Crippen LogP contribution in [0.2, 0.25) is 0 Å². The first-order valence-corrected chi connectivity index (χ1v) is 4.98. The van der Waals surface area contributed by atoms with Gasteiger partial charge in [0.05, 0.1) is 5.69 Å². The molecular formula is C13H13NO. The summed E-state index contributed by atoms with van der Waals surface area (Å²) in [5, 5.41) is 0. The van der Waals surface area contributed by atoms with E-state index in [-0.39, 0.29) is 0 Å². The maximum Gasteiger partial charge on any atom is 0.152 e. The first-order chi connectivity index (χ1) is 7.36. The summed E-state index contributed by atoms with van der Waals surface area (Å²) < 4.78 is 0. The van der Waals surface area contributed by atoms with Crippen molar-refractivity contribution in [3.63, 3.8) is 0 Å². The third kappa shape index (κ3) is 1.71. The summed E-state index contributed by atoms with van der Waals surface area (Å²) in [4.78, 5) is 13.0. The number of rotatable bonds is 3. The molecule has 0 amide bonds. The van der Waals surface area contributed by atoms with Crippen molar-refractivity contribution in [1.29, 1.82) is 0 Å². The van der Waals surface area contributed by atoms with E-state index in [4.69, 9.17) is 0 Å². The minimum absolute atomic E-state index is 0.731. The second-order valence-corrected chi connectivity index (χ2v) is 3.50. The highest BCUT2D eigenvalue weighted by Gasteiger charge is 2.14. The lowest BCUT2D eigenvalue weighted by Gasteiger charge is -2.26. The monoisotopic (exact) mass is 199 g/mol. The summed E-state index contributed by atoms with van der Waals surface area (Å²) >= 11 is 0. The van der Waals surface area contributed by atoms with Gasteiger partial charge in [0.15, 0.2) is 6.29 Å². The number of para-hydroxylation sites is 1. The predicted octanol–water partition coefficient (Wildman–Crippen LogP) is 2.56. The van der Waals surface area contributed by atoms with E-state index in [1.807, 2.05) is 24.4 Å². The molecule has 0 saturated heterocycles. The molecular weight excluding hydrogens is 186 g/mol. The Labute approximate surface area is 89.5 Å². The van der Waals surface area contributed by atoms with Gasteiger partial charge in [0.1, 0.15) is 0 Å². The van der Waals surface area contributed by atoms with Gasteiger partial charge in [-0.3, -0.25) is 4.79 Å². The van der Waals surface area contributed by atoms with Gasteiger partial charge in [0.25, 0.3) is 0 Å². The SMILES string of the molecule is C=CCN1C=CCc2cccc(C=O)c21. The molecule has 1 aliphatic rings. The molecule has 1 aromatic carbocycles. The maximum absolute atomic E-state index is 11.0. The van der Waals surface area contributed by atoms with E-state index in [9.17, 15) is 4.79 Å². The zero-order chi connectivity index (χ0) is 10.7. The Morgan fingerprint density at radius 3 is 3.07 bits per heavy atom. The number of aldehydes is 1. The van der Waals surface area contributed by atoms with Crippen LogP contribution in [0.25, 0.3) is 0 Å². The molecule has 76 valence electrons. The van der Waals surface area contributed by atoms with E-state index in [2.05, 4.69) is 23.6 Å². The van der Waals surface area contributed by atoms with Crippen LogP contribution in [-0.4, -0.2) is 12.8 Å². The maximum atomic E-state index is 11.0. The van der Waals surface area contributed by atoms with Crippen LogP contribution in [0.3, 0.4) is 0 Å². The summed E-state index contributed by atoms with van der Waals surface area (Å²) in [5.74, 6) is 0. The molecule has 0 bridgehead atoms. The second-order valence-electron chi connectivity index (χ2n) is 3.50. The summed E-state index contributed by atoms with van der Waals surface area (Å²) in [6.45, 7) is 4.45. The van der Waals surface area contributed by atoms with Crippen LogP contribution in [0.1, 0.15) is 15.9 Å². The van der Waals surface area contributed by atoms with Gasteiger partial charge in [0, 0.05) is 18.3 Å². The molecule has 1 heterocycles. The van der Waals surface area contributed by atoms with Gasteiger partial charge in [-0.2, -0.15) is 0 Å². The van der Waals surface area contributed by atoms with Crippen LogP contribution in [-0.2, 0) is 6.42 Å². The third-order valence-electron chi connectivity index (χ3n) is 2.51. The fraction of sp³-hybridized carbons (Fsp3) is 0.154. The largest absolute Gasteiger partial charge is 0.344 e. The highest BCUT2D eigenvalue weighted by molar-refractivity contribution is 5.87. The van der Waals surface area contributed by atoms with Crippen molar-refractivity contribution in [2.45, 2.75) is 6.42 Å². The molecule has 0 radical (unpaired) electrons. The number of allylic oxidation sites excluding steroid dienone is 1. The lowest BCUT2D eigenvalue weighted by molar-refractivity contribution is 0.112. The second kappa shape index (κ2) is 4.13. The number of fused-ring (bicyclic) bond motifs is 1. The van der Waals surface area contributed by atoms with Crippen LogP contribution in [0.15, 0.2) is 43.1 Å². The average Bonchev–Trinajstić information content (AvgIpc) is 2.29. The molecule has 2 heteroatoms. The third-order valence-corrected chi connectivity index (χ3v) is 2.51. The van der Waals surface area contributed by atoms with Gasteiger partial charge in [-0.25, -0.2) is 0 Å². The minimum atomic E-state index is 0.731. The number of carbonyl (C=O) groups excluding carboxylic acids is 1. The van der Waals surface area contributed by atoms with Crippen LogP contribution in [0, 0.1) is 0 Å². The molecule has 0 atom stereocenters. The number of hydrogen-bond donors (Lipinski definition) is 0. The Morgan fingerprint density at radius 1 is 1.47 bits per heavy atom. The lowest BCUT2D eigenvalue weighted by Crippen LogP contribution is -2.21. The number of benzene rings is 1. The Bertz CT molecular complexity index is 421. The molecule has 1 aliphatic heterocycles. The molecule has 0 saturated carbocycles. The van der Waals surface area contributed by atoms with Crippen molar-refractivity contribution in [3.05, 3.63) is 54.3 Å². The summed E-state index contributed by atoms with van der Waals surface area (Å²) in [6.07, 6.45) is 7.75. The smallest absolute Gasteiger partial charge is 0.152 e. The molecule has 0 aromatic heterocycles. The summed E-state index contributed by atoms with van der Waals surface area (Å²) in [6, 6.07) is 5.83. The fourth-order valence-corrected chi connectivity index (χ4v) is 1.89. The van der Waals surface area contributed by atoms with Crippen LogP contribution < -0.4 is 4.90 Å². The molecule has 1 aromatic rings. The average molecular weight is 199 g/mol. The van der Waals surface area contributed by atoms with E-state index in [0.29, 0.717) is 0 Å². The van der Waals surface area contributed by atoms with E-state index in [0.717, 1.165) is 30.5 Å². The molecule has 2 rings (SSSR count). The van der Waals surface area contributed by atoms with Gasteiger partial charge in [0.2, 0.25) is 0 Å². The zero-order valence-electron chi connectivity index (χ0n) is 8.52. The lowest BCUT2D eigenvalue weighted by atomic mass is 10.0. The van der Waals surface area contributed by atoms with Gasteiger partial charge in [-0.05, 0) is 18.1 Å². The number of anilines is 1. The van der Waals surface area contributed by atoms with Crippen molar-refractivity contribution in [1.82, 2.24) is 0 Å². The predicted molar refractivity (Wildman–Crippen MR) is 62.2 cm³/mol. The zero-order valence-corrected chi connectivity index (χ0v) is 8.52. The van der Waals surface area contributed by atoms with Crippen molar-refractivity contribution in [2.24, 2.45) is 0 Å². The van der Waals surface area contributed by atoms with E-state index < -0.39 is 0 Å². The highest BCUT2D eigenvalue weighted by atomic mass is 16.1. The molecule has 0 aliphatic carbocycles. The van der Waals surface area contributed by atoms with Gasteiger partial charge < -0.3 is 4.90 Å². The van der Waals surface area contributed by atoms with E-state index >= 15 is 0 Å². The molecule has 0 unspecified atom stereocenters. The number of hydrogen-bond acceptors (Lipinski definition) is 2. The summed E-state index contributed by atoms with van der Waals surface area (Å²) in [5.41, 5.74) is 2.97. The van der Waals surface area contributed by atoms with Crippen LogP contribution >= 0.6 is 0 Å². The van der Waals surface area contributed by atoms with Crippen molar-refractivity contribution >= 4 is 12.0 Å². The Balaban J connectivity index is 2.50. The fourth-order valence-electron chi connectivity index (χ4n) is 1.89. The normalized spacial score (nSPS) is 13.5. The quantitative estimate of drug-likeness (QED) is 0.551. The minimum Gasteiger partial charge on any atom is -0.344 e. The van der Waals surface area contributed by atoms with Gasteiger partial charge in [-0.15, -0.1) is 6.58 Å². The number of carbonyl (C=O) groups is 1. The molecule has 15 heavy (non-hydrogen) atoms. The van der Waals surface area contributed by atoms with Crippen molar-refractivity contribution in [2.75, 3.05) is 11.4 Å². The molecule has 0 spiro atoms. The van der Waals surface area contributed by atoms with Gasteiger partial charge >= 0.3 is 0 Å². The first kappa shape index (κ1) is 9.71. The standard InChI is InChI=1S/C13H13NO/c1-2-8-14-9-4-7-11-5-3-6-12(10-15)13(11)14/h2-6,9-10H,1,7-8H2. The molecule has 2 nitrogen and oxygen atoms in total. The van der Waals surface area contributed by atoms with Crippen LogP contribution in [0.5, 0.6) is 0 Å². The van der Waals surface area contributed by atoms with Crippen molar-refractivity contribution in [3.8, 4) is 0 Å². The Hall–Kier alpha value is -1.83. The number of nitrogens with zero attached hydrogens (tertiary/aromatic N) is 1. The molecule has 0 N–H and O–H groups in total. The highest BCUT2D eigenvalue weighted by Crippen LogP contribution is 2.28. The van der Waals surface area contributed by atoms with Crippen LogP contribution in [0.4, 0.5) is 5.69 Å². The van der Waals surface area contributed by atoms with E-state index in [1.54, 1.807) is 0 Å². The van der Waals surface area contributed by atoms with Crippen molar-refractivity contribution < 1.29 is 4.79 Å². The first-order valence-electron chi connectivity index (χ1n) is 4.98. The van der Waals surface area contributed by atoms with E-state index in [1.165, 1.54) is 5.56 Å². The summed E-state index contributed by atoms with van der Waals surface area (Å²) in [7, 11) is 0. The Kier molecular flexibility index (Phi) is 2.68.